The van der Waals surface area contributed by atoms with E-state index >= 15 is 0 Å². The molecule has 0 aliphatic rings. The van der Waals surface area contributed by atoms with Gasteiger partial charge in [-0.3, -0.25) is 14.7 Å². The van der Waals surface area contributed by atoms with E-state index in [0.29, 0.717) is 6.07 Å². The molecule has 34 heavy (non-hydrogen) atoms. The fourth-order valence-corrected chi connectivity index (χ4v) is 3.29. The van der Waals surface area contributed by atoms with Crippen molar-refractivity contribution in [2.75, 3.05) is 19.1 Å². The molecule has 3 rings (SSSR count). The Bertz CT molecular complexity index is 1240. The number of anilines is 2. The van der Waals surface area contributed by atoms with Crippen LogP contribution in [0.5, 0.6) is 17.2 Å². The highest BCUT2D eigenvalue weighted by Crippen LogP contribution is 2.43. The van der Waals surface area contributed by atoms with E-state index < -0.39 is 28.7 Å². The van der Waals surface area contributed by atoms with Gasteiger partial charge in [0.05, 0.1) is 29.1 Å². The number of urea groups is 1. The number of hydrogen-bond acceptors (Lipinski definition) is 5. The van der Waals surface area contributed by atoms with Crippen LogP contribution in [0.25, 0.3) is 0 Å². The number of hydrogen-bond donors (Lipinski definition) is 2. The number of carbonyl (C=O) groups excluding carboxylic acids is 2. The molecule has 3 amide bonds. The van der Waals surface area contributed by atoms with Gasteiger partial charge in [0.25, 0.3) is 5.91 Å². The molecule has 0 aliphatic heterocycles. The number of carbonyl (C=O) groups is 2. The second-order valence-electron chi connectivity index (χ2n) is 6.73. The van der Waals surface area contributed by atoms with E-state index in [4.69, 9.17) is 26.8 Å². The molecule has 0 saturated carbocycles. The molecular weight excluding hydrogens is 477 g/mol. The predicted molar refractivity (Wildman–Crippen MR) is 119 cm³/mol. The fourth-order valence-electron chi connectivity index (χ4n) is 3.03. The maximum atomic E-state index is 13.4. The smallest absolute Gasteiger partial charge is 0.417 e. The molecule has 0 atom stereocenters. The zero-order chi connectivity index (χ0) is 25.0. The molecule has 0 aliphatic carbocycles. The van der Waals surface area contributed by atoms with E-state index in [9.17, 15) is 22.8 Å². The summed E-state index contributed by atoms with van der Waals surface area (Å²) in [4.78, 5) is 28.9. The van der Waals surface area contributed by atoms with E-state index in [1.165, 1.54) is 50.7 Å². The van der Waals surface area contributed by atoms with Crippen molar-refractivity contribution in [3.63, 3.8) is 0 Å². The number of nitrogens with two attached hydrogens (primary N) is 1. The van der Waals surface area contributed by atoms with Crippen LogP contribution < -0.4 is 25.4 Å². The monoisotopic (exact) mass is 494 g/mol. The molecule has 0 spiro atoms. The van der Waals surface area contributed by atoms with E-state index in [0.717, 1.165) is 11.0 Å². The zero-order valence-electron chi connectivity index (χ0n) is 17.8. The highest BCUT2D eigenvalue weighted by molar-refractivity contribution is 6.31. The molecule has 0 fully saturated rings. The van der Waals surface area contributed by atoms with Gasteiger partial charge in [-0.15, -0.1) is 0 Å². The largest absolute Gasteiger partial charge is 0.495 e. The van der Waals surface area contributed by atoms with Crippen LogP contribution >= 0.6 is 11.6 Å². The van der Waals surface area contributed by atoms with Crippen LogP contribution in [-0.4, -0.2) is 31.1 Å². The van der Waals surface area contributed by atoms with Gasteiger partial charge in [0, 0.05) is 31.4 Å². The van der Waals surface area contributed by atoms with Gasteiger partial charge in [-0.25, -0.2) is 4.79 Å². The van der Waals surface area contributed by atoms with Gasteiger partial charge >= 0.3 is 12.2 Å². The minimum absolute atomic E-state index is 0.0966. The first-order valence-electron chi connectivity index (χ1n) is 9.55. The van der Waals surface area contributed by atoms with Crippen LogP contribution in [0, 0.1) is 0 Å². The summed E-state index contributed by atoms with van der Waals surface area (Å²) in [7, 11) is 2.67. The Balaban J connectivity index is 2.04. The Hall–Kier alpha value is -3.99. The third kappa shape index (κ3) is 5.31. The predicted octanol–water partition coefficient (Wildman–Crippen LogP) is 5.13. The van der Waals surface area contributed by atoms with E-state index in [2.05, 4.69) is 10.3 Å². The summed E-state index contributed by atoms with van der Waals surface area (Å²) in [6.45, 7) is 0. The number of ether oxygens (including phenoxy) is 2. The number of alkyl halides is 3. The van der Waals surface area contributed by atoms with Gasteiger partial charge in [-0.05, 0) is 24.3 Å². The Kier molecular flexibility index (Phi) is 7.16. The molecule has 12 heteroatoms. The highest BCUT2D eigenvalue weighted by atomic mass is 35.5. The number of nitrogens with zero attached hydrogens (tertiary/aromatic N) is 2. The first-order valence-corrected chi connectivity index (χ1v) is 9.93. The van der Waals surface area contributed by atoms with Crippen molar-refractivity contribution in [3.8, 4) is 17.2 Å². The number of nitrogens with one attached hydrogen (secondary N) is 1. The lowest BCUT2D eigenvalue weighted by Gasteiger charge is -2.25. The summed E-state index contributed by atoms with van der Waals surface area (Å²) in [5, 5.41) is 1.84. The summed E-state index contributed by atoms with van der Waals surface area (Å²) in [6.07, 6.45) is -3.41. The second kappa shape index (κ2) is 9.87. The molecule has 8 nitrogen and oxygen atoms in total. The van der Waals surface area contributed by atoms with Crippen LogP contribution in [0.4, 0.5) is 29.3 Å². The third-order valence-electron chi connectivity index (χ3n) is 4.54. The maximum absolute atomic E-state index is 13.4. The first-order chi connectivity index (χ1) is 16.0. The number of primary amides is 1. The fraction of sp³-hybridized carbons (Fsp3) is 0.136. The molecule has 1 heterocycles. The van der Waals surface area contributed by atoms with Crippen LogP contribution in [0.15, 0.2) is 54.7 Å². The number of halogens is 4. The minimum atomic E-state index is -4.78. The topological polar surface area (TPSA) is 107 Å². The van der Waals surface area contributed by atoms with Gasteiger partial charge in [-0.1, -0.05) is 17.7 Å². The maximum Gasteiger partial charge on any atom is 0.417 e. The molecule has 2 aromatic carbocycles. The minimum Gasteiger partial charge on any atom is -0.495 e. The Morgan fingerprint density at radius 3 is 2.44 bits per heavy atom. The van der Waals surface area contributed by atoms with Gasteiger partial charge in [0.15, 0.2) is 0 Å². The Morgan fingerprint density at radius 1 is 1.12 bits per heavy atom. The van der Waals surface area contributed by atoms with Crippen molar-refractivity contribution < 1.29 is 32.2 Å². The molecule has 0 saturated heterocycles. The van der Waals surface area contributed by atoms with Crippen LogP contribution in [0.3, 0.4) is 0 Å². The summed E-state index contributed by atoms with van der Waals surface area (Å²) in [5.41, 5.74) is 4.29. The van der Waals surface area contributed by atoms with Gasteiger partial charge in [-0.2, -0.15) is 13.2 Å². The van der Waals surface area contributed by atoms with Crippen molar-refractivity contribution in [2.45, 2.75) is 6.18 Å². The molecular formula is C22H18ClF3N4O4. The standard InChI is InChI=1S/C22H18ClF3N4O4/c1-28-20(31)17-9-14(6-7-29-17)34-13-5-3-4-12(8-13)30(21(27)32)18-10-15(22(24,25)26)16(23)11-19(18)33-2/h3-11H,1-2H3,(H2,27,32)(H,28,31). The van der Waals surface area contributed by atoms with E-state index in [1.807, 2.05) is 0 Å². The lowest BCUT2D eigenvalue weighted by atomic mass is 10.1. The second-order valence-corrected chi connectivity index (χ2v) is 7.14. The summed E-state index contributed by atoms with van der Waals surface area (Å²) in [5.74, 6) is -0.0523. The number of rotatable bonds is 6. The summed E-state index contributed by atoms with van der Waals surface area (Å²) >= 11 is 5.77. The molecule has 178 valence electrons. The van der Waals surface area contributed by atoms with Crippen molar-refractivity contribution in [3.05, 3.63) is 71.0 Å². The summed E-state index contributed by atoms with van der Waals surface area (Å²) in [6, 6.07) is 9.34. The zero-order valence-corrected chi connectivity index (χ0v) is 18.6. The molecule has 3 aromatic rings. The molecule has 0 radical (unpaired) electrons. The van der Waals surface area contributed by atoms with Crippen LogP contribution in [0.1, 0.15) is 16.1 Å². The first kappa shape index (κ1) is 24.6. The van der Waals surface area contributed by atoms with Crippen molar-refractivity contribution in [2.24, 2.45) is 5.73 Å². The van der Waals surface area contributed by atoms with Gasteiger partial charge in [0.2, 0.25) is 0 Å². The van der Waals surface area contributed by atoms with Gasteiger partial charge in [0.1, 0.15) is 22.9 Å². The van der Waals surface area contributed by atoms with Crippen molar-refractivity contribution in [1.82, 2.24) is 10.3 Å². The summed E-state index contributed by atoms with van der Waals surface area (Å²) < 4.78 is 51.2. The Morgan fingerprint density at radius 2 is 1.82 bits per heavy atom. The quantitative estimate of drug-likeness (QED) is 0.494. The normalized spacial score (nSPS) is 11.0. The van der Waals surface area contributed by atoms with E-state index in [1.54, 1.807) is 6.07 Å². The van der Waals surface area contributed by atoms with Crippen LogP contribution in [0.2, 0.25) is 5.02 Å². The number of methoxy groups -OCH3 is 1. The molecule has 0 bridgehead atoms. The SMILES string of the molecule is CNC(=O)c1cc(Oc2cccc(N(C(N)=O)c3cc(C(F)(F)F)c(Cl)cc3OC)c2)ccn1. The van der Waals surface area contributed by atoms with Crippen molar-refractivity contribution >= 4 is 34.9 Å². The lowest BCUT2D eigenvalue weighted by molar-refractivity contribution is -0.137. The molecule has 0 unspecified atom stereocenters. The third-order valence-corrected chi connectivity index (χ3v) is 4.85. The lowest BCUT2D eigenvalue weighted by Crippen LogP contribution is -2.32. The number of aromatic nitrogens is 1. The number of benzene rings is 2. The molecule has 3 N–H and O–H groups in total. The van der Waals surface area contributed by atoms with E-state index in [-0.39, 0.29) is 34.3 Å². The molecule has 1 aromatic heterocycles. The average molecular weight is 495 g/mol. The van der Waals surface area contributed by atoms with Gasteiger partial charge < -0.3 is 20.5 Å². The van der Waals surface area contributed by atoms with Crippen molar-refractivity contribution in [1.29, 1.82) is 0 Å². The number of amides is 3. The van der Waals surface area contributed by atoms with Crippen LogP contribution in [-0.2, 0) is 6.18 Å². The highest BCUT2D eigenvalue weighted by Gasteiger charge is 2.35. The number of pyridine rings is 1. The average Bonchev–Trinajstić information content (AvgIpc) is 2.78. The Labute approximate surface area is 197 Å².